The number of para-hydroxylation sites is 1. The van der Waals surface area contributed by atoms with Crippen LogP contribution in [0.4, 0.5) is 10.2 Å². The lowest BCUT2D eigenvalue weighted by molar-refractivity contribution is -0.126. The van der Waals surface area contributed by atoms with Crippen molar-refractivity contribution in [1.29, 1.82) is 0 Å². The molecule has 3 heterocycles. The van der Waals surface area contributed by atoms with Crippen LogP contribution in [0.2, 0.25) is 5.02 Å². The van der Waals surface area contributed by atoms with Crippen molar-refractivity contribution in [3.05, 3.63) is 82.0 Å². The van der Waals surface area contributed by atoms with Crippen LogP contribution >= 0.6 is 11.6 Å². The maximum absolute atomic E-state index is 15.0. The molecule has 5 rings (SSSR count). The number of aryl methyl sites for hydroxylation is 1. The van der Waals surface area contributed by atoms with Gasteiger partial charge in [-0.1, -0.05) is 49.7 Å². The van der Waals surface area contributed by atoms with Gasteiger partial charge in [-0.2, -0.15) is 4.98 Å². The zero-order chi connectivity index (χ0) is 30.1. The van der Waals surface area contributed by atoms with Crippen LogP contribution in [0.15, 0.2) is 59.9 Å². The van der Waals surface area contributed by atoms with Crippen LogP contribution in [-0.4, -0.2) is 63.2 Å². The van der Waals surface area contributed by atoms with Crippen LogP contribution in [-0.2, 0) is 11.2 Å². The lowest BCUT2D eigenvalue weighted by atomic mass is 10.1. The first-order valence-corrected chi connectivity index (χ1v) is 14.0. The minimum Gasteiger partial charge on any atom is -0.507 e. The number of phenolic OH excluding ortho intramolecular Hbond substituents is 1. The zero-order valence-electron chi connectivity index (χ0n) is 23.6. The Labute approximate surface area is 247 Å². The van der Waals surface area contributed by atoms with E-state index in [0.29, 0.717) is 48.7 Å². The molecule has 0 spiro atoms. The largest absolute Gasteiger partial charge is 0.507 e. The predicted molar refractivity (Wildman–Crippen MR) is 161 cm³/mol. The van der Waals surface area contributed by atoms with Gasteiger partial charge < -0.3 is 19.6 Å². The molecule has 0 bridgehead atoms. The average Bonchev–Trinajstić information content (AvgIpc) is 2.97. The lowest BCUT2D eigenvalue weighted by Gasteiger charge is -2.40. The molecule has 2 aromatic heterocycles. The van der Waals surface area contributed by atoms with Gasteiger partial charge in [0.25, 0.3) is 0 Å². The molecule has 1 aliphatic rings. The van der Waals surface area contributed by atoms with E-state index in [4.69, 9.17) is 21.3 Å². The lowest BCUT2D eigenvalue weighted by Crippen LogP contribution is -2.54. The smallest absolute Gasteiger partial charge is 0.355 e. The molecule has 0 radical (unpaired) electrons. The van der Waals surface area contributed by atoms with Gasteiger partial charge in [0.1, 0.15) is 23.1 Å². The number of anilines is 1. The monoisotopic (exact) mass is 591 g/mol. The second kappa shape index (κ2) is 11.8. The summed E-state index contributed by atoms with van der Waals surface area (Å²) in [5.74, 6) is -0.445. The number of ether oxygens (including phenoxy) is 1. The molecule has 1 N–H and O–H groups in total. The molecule has 1 amide bonds. The number of hydrogen-bond donors (Lipinski definition) is 1. The summed E-state index contributed by atoms with van der Waals surface area (Å²) in [6.07, 6.45) is 2.73. The van der Waals surface area contributed by atoms with Crippen LogP contribution in [0.25, 0.3) is 28.0 Å². The van der Waals surface area contributed by atoms with Crippen molar-refractivity contribution in [2.75, 3.05) is 31.6 Å². The third-order valence-corrected chi connectivity index (χ3v) is 7.75. The number of methoxy groups -OCH3 is 1. The fourth-order valence-electron chi connectivity index (χ4n) is 5.51. The number of rotatable bonds is 7. The number of benzene rings is 2. The summed E-state index contributed by atoms with van der Waals surface area (Å²) in [5.41, 5.74) is 0.669. The van der Waals surface area contributed by atoms with E-state index < -0.39 is 11.5 Å². The number of nitrogens with zero attached hydrogens (tertiary/aromatic N) is 5. The van der Waals surface area contributed by atoms with E-state index in [0.717, 1.165) is 12.0 Å². The Morgan fingerprint density at radius 3 is 2.67 bits per heavy atom. The molecule has 1 atom stereocenters. The predicted octanol–water partition coefficient (Wildman–Crippen LogP) is 5.13. The van der Waals surface area contributed by atoms with Crippen LogP contribution in [0, 0.1) is 5.82 Å². The van der Waals surface area contributed by atoms with E-state index in [9.17, 15) is 14.7 Å². The Kier molecular flexibility index (Phi) is 8.17. The summed E-state index contributed by atoms with van der Waals surface area (Å²) >= 11 is 6.73. The third kappa shape index (κ3) is 5.07. The van der Waals surface area contributed by atoms with Gasteiger partial charge in [0.05, 0.1) is 34.5 Å². The van der Waals surface area contributed by atoms with Crippen LogP contribution in [0.1, 0.15) is 25.8 Å². The molecule has 0 saturated carbocycles. The third-order valence-electron chi connectivity index (χ3n) is 7.46. The second-order valence-corrected chi connectivity index (χ2v) is 10.5. The van der Waals surface area contributed by atoms with Gasteiger partial charge in [-0.05, 0) is 49.2 Å². The van der Waals surface area contributed by atoms with Crippen molar-refractivity contribution >= 4 is 34.4 Å². The van der Waals surface area contributed by atoms with Gasteiger partial charge in [-0.25, -0.2) is 18.7 Å². The summed E-state index contributed by atoms with van der Waals surface area (Å²) in [6, 6.07) is 10.8. The molecule has 0 unspecified atom stereocenters. The Bertz CT molecular complexity index is 1740. The van der Waals surface area contributed by atoms with Crippen molar-refractivity contribution in [1.82, 2.24) is 19.4 Å². The molecule has 11 heteroatoms. The van der Waals surface area contributed by atoms with Gasteiger partial charge >= 0.3 is 5.69 Å². The number of fused-ring (bicyclic) bond motifs is 1. The molecule has 1 fully saturated rings. The Balaban J connectivity index is 1.83. The molecule has 9 nitrogen and oxygen atoms in total. The molecule has 4 aromatic rings. The zero-order valence-corrected chi connectivity index (χ0v) is 24.4. The maximum Gasteiger partial charge on any atom is 0.355 e. The fourth-order valence-corrected chi connectivity index (χ4v) is 5.75. The SMILES string of the molecule is C=CC(=O)N1CCN(c2nc(=O)n(-c3c(CCC)cccc3OC)c3nc(-c4c(O)cccc4F)c(Cl)cc23)[C@@H](C)C1. The number of piperazine rings is 1. The normalized spacial score (nSPS) is 15.2. The average molecular weight is 592 g/mol. The number of halogens is 2. The first kappa shape index (κ1) is 29.1. The number of amides is 1. The molecule has 1 saturated heterocycles. The highest BCUT2D eigenvalue weighted by molar-refractivity contribution is 6.34. The highest BCUT2D eigenvalue weighted by Crippen LogP contribution is 2.39. The van der Waals surface area contributed by atoms with Gasteiger partial charge in [0.15, 0.2) is 5.65 Å². The molecule has 1 aliphatic heterocycles. The van der Waals surface area contributed by atoms with Gasteiger partial charge in [0, 0.05) is 25.7 Å². The van der Waals surface area contributed by atoms with E-state index in [1.54, 1.807) is 17.0 Å². The summed E-state index contributed by atoms with van der Waals surface area (Å²) in [7, 11) is 1.52. The number of hydrogen-bond acceptors (Lipinski definition) is 7. The van der Waals surface area contributed by atoms with Crippen LogP contribution < -0.4 is 15.3 Å². The Morgan fingerprint density at radius 2 is 2.00 bits per heavy atom. The molecule has 42 heavy (non-hydrogen) atoms. The minimum absolute atomic E-state index is 0.0218. The van der Waals surface area contributed by atoms with E-state index in [2.05, 4.69) is 11.6 Å². The van der Waals surface area contributed by atoms with Crippen molar-refractivity contribution in [2.24, 2.45) is 0 Å². The first-order chi connectivity index (χ1) is 20.2. The van der Waals surface area contributed by atoms with Crippen molar-refractivity contribution in [2.45, 2.75) is 32.7 Å². The summed E-state index contributed by atoms with van der Waals surface area (Å²) in [6.45, 7) is 8.73. The highest BCUT2D eigenvalue weighted by atomic mass is 35.5. The standard InChI is InChI=1S/C31H31ClFN5O4/c1-5-9-19-10-7-13-24(42-4)28(19)38-30-20(16-21(32)27(34-30)26-22(33)11-8-12-23(26)39)29(35-31(38)41)37-15-14-36(17-18(37)3)25(40)6-2/h6-8,10-13,16,18,39H,2,5,9,14-15,17H2,1,3-4H3/t18-/m0/s1. The Hall–Kier alpha value is -4.44. The van der Waals surface area contributed by atoms with Crippen molar-refractivity contribution in [3.63, 3.8) is 0 Å². The topological polar surface area (TPSA) is 101 Å². The molecular formula is C31H31ClFN5O4. The first-order valence-electron chi connectivity index (χ1n) is 13.7. The van der Waals surface area contributed by atoms with Crippen molar-refractivity contribution in [3.8, 4) is 28.4 Å². The van der Waals surface area contributed by atoms with Gasteiger partial charge in [-0.3, -0.25) is 4.79 Å². The van der Waals surface area contributed by atoms with Crippen LogP contribution in [0.5, 0.6) is 11.5 Å². The van der Waals surface area contributed by atoms with E-state index >= 15 is 4.39 Å². The minimum atomic E-state index is -0.715. The van der Waals surface area contributed by atoms with E-state index in [1.165, 1.54) is 36.0 Å². The van der Waals surface area contributed by atoms with E-state index in [-0.39, 0.29) is 39.6 Å². The summed E-state index contributed by atoms with van der Waals surface area (Å²) < 4.78 is 22.1. The number of pyridine rings is 1. The Morgan fingerprint density at radius 1 is 1.24 bits per heavy atom. The molecule has 218 valence electrons. The number of aromatic nitrogens is 3. The second-order valence-electron chi connectivity index (χ2n) is 10.1. The fraction of sp³-hybridized carbons (Fsp3) is 0.290. The highest BCUT2D eigenvalue weighted by Gasteiger charge is 2.30. The van der Waals surface area contributed by atoms with Gasteiger partial charge in [-0.15, -0.1) is 0 Å². The van der Waals surface area contributed by atoms with E-state index in [1.807, 2.05) is 30.9 Å². The molecule has 2 aromatic carbocycles. The number of phenols is 1. The number of aromatic hydroxyl groups is 1. The van der Waals surface area contributed by atoms with Crippen molar-refractivity contribution < 1.29 is 19.0 Å². The summed E-state index contributed by atoms with van der Waals surface area (Å²) in [5, 5.41) is 11.1. The molecular weight excluding hydrogens is 561 g/mol. The number of carbonyl (C=O) groups excluding carboxylic acids is 1. The summed E-state index contributed by atoms with van der Waals surface area (Å²) in [4.78, 5) is 39.2. The number of carbonyl (C=O) groups is 1. The van der Waals surface area contributed by atoms with Gasteiger partial charge in [0.2, 0.25) is 5.91 Å². The van der Waals surface area contributed by atoms with Crippen LogP contribution in [0.3, 0.4) is 0 Å². The molecule has 0 aliphatic carbocycles. The maximum atomic E-state index is 15.0. The quantitative estimate of drug-likeness (QED) is 0.297.